The van der Waals surface area contributed by atoms with Crippen molar-refractivity contribution < 1.29 is 18.7 Å². The van der Waals surface area contributed by atoms with Crippen LogP contribution in [-0.2, 0) is 9.53 Å². The van der Waals surface area contributed by atoms with Crippen molar-refractivity contribution in [2.75, 3.05) is 7.11 Å². The first-order valence-electron chi connectivity index (χ1n) is 6.42. The second-order valence-corrected chi connectivity index (χ2v) is 4.27. The third-order valence-corrected chi connectivity index (χ3v) is 2.78. The van der Waals surface area contributed by atoms with Gasteiger partial charge in [0, 0.05) is 6.08 Å². The Kier molecular flexibility index (Phi) is 5.10. The van der Waals surface area contributed by atoms with Gasteiger partial charge in [-0.05, 0) is 35.9 Å². The van der Waals surface area contributed by atoms with Gasteiger partial charge in [-0.1, -0.05) is 30.3 Å². The Morgan fingerprint density at radius 3 is 2.29 bits per heavy atom. The summed E-state index contributed by atoms with van der Waals surface area (Å²) in [6, 6.07) is 15.9. The van der Waals surface area contributed by atoms with Crippen LogP contribution in [0.5, 0.6) is 11.5 Å². The molecule has 2 rings (SSSR count). The van der Waals surface area contributed by atoms with Crippen molar-refractivity contribution in [1.29, 1.82) is 0 Å². The number of rotatable bonds is 5. The van der Waals surface area contributed by atoms with Gasteiger partial charge in [0.15, 0.2) is 0 Å². The van der Waals surface area contributed by atoms with Crippen molar-refractivity contribution in [1.82, 2.24) is 0 Å². The molecule has 2 aromatic rings. The van der Waals surface area contributed by atoms with E-state index in [9.17, 15) is 9.18 Å². The molecule has 0 bridgehead atoms. The predicted molar refractivity (Wildman–Crippen MR) is 78.0 cm³/mol. The van der Waals surface area contributed by atoms with Crippen molar-refractivity contribution in [3.05, 3.63) is 72.3 Å². The molecule has 0 aromatic heterocycles. The molecule has 21 heavy (non-hydrogen) atoms. The number of hydrogen-bond donors (Lipinski definition) is 0. The summed E-state index contributed by atoms with van der Waals surface area (Å²) in [5.41, 5.74) is 0.440. The Hall–Kier alpha value is -2.62. The van der Waals surface area contributed by atoms with Crippen molar-refractivity contribution in [3.8, 4) is 11.5 Å². The SMILES string of the molecule is COC(=O)/C=C/C(F)c1ccc(Oc2ccccc2)cc1. The van der Waals surface area contributed by atoms with Crippen molar-refractivity contribution >= 4 is 5.97 Å². The quantitative estimate of drug-likeness (QED) is 0.610. The van der Waals surface area contributed by atoms with E-state index in [0.717, 1.165) is 12.2 Å². The Labute approximate surface area is 122 Å². The molecular weight excluding hydrogens is 271 g/mol. The predicted octanol–water partition coefficient (Wildman–Crippen LogP) is 4.22. The van der Waals surface area contributed by atoms with Crippen LogP contribution in [0, 0.1) is 0 Å². The van der Waals surface area contributed by atoms with Crippen LogP contribution in [0.15, 0.2) is 66.7 Å². The van der Waals surface area contributed by atoms with E-state index in [1.807, 2.05) is 30.3 Å². The molecule has 0 amide bonds. The molecule has 3 nitrogen and oxygen atoms in total. The Balaban J connectivity index is 2.01. The smallest absolute Gasteiger partial charge is 0.330 e. The summed E-state index contributed by atoms with van der Waals surface area (Å²) in [6.45, 7) is 0. The van der Waals surface area contributed by atoms with Crippen LogP contribution in [0.1, 0.15) is 11.7 Å². The molecule has 0 radical (unpaired) electrons. The van der Waals surface area contributed by atoms with E-state index in [2.05, 4.69) is 4.74 Å². The molecule has 1 atom stereocenters. The number of halogens is 1. The fourth-order valence-electron chi connectivity index (χ4n) is 1.69. The highest BCUT2D eigenvalue weighted by atomic mass is 19.1. The number of benzene rings is 2. The van der Waals surface area contributed by atoms with Gasteiger partial charge < -0.3 is 9.47 Å². The zero-order chi connectivity index (χ0) is 15.1. The minimum Gasteiger partial charge on any atom is -0.466 e. The monoisotopic (exact) mass is 286 g/mol. The van der Waals surface area contributed by atoms with Gasteiger partial charge in [-0.3, -0.25) is 0 Å². The third-order valence-electron chi connectivity index (χ3n) is 2.78. The average molecular weight is 286 g/mol. The molecule has 0 fully saturated rings. The molecule has 0 spiro atoms. The lowest BCUT2D eigenvalue weighted by Crippen LogP contribution is -1.95. The molecule has 1 unspecified atom stereocenters. The maximum absolute atomic E-state index is 13.9. The molecule has 0 aliphatic heterocycles. The molecule has 4 heteroatoms. The minimum atomic E-state index is -1.37. The number of carbonyl (C=O) groups is 1. The van der Waals surface area contributed by atoms with E-state index in [4.69, 9.17) is 4.74 Å². The van der Waals surface area contributed by atoms with Crippen LogP contribution in [0.2, 0.25) is 0 Å². The summed E-state index contributed by atoms with van der Waals surface area (Å²) < 4.78 is 23.9. The van der Waals surface area contributed by atoms with Gasteiger partial charge in [-0.2, -0.15) is 0 Å². The summed E-state index contributed by atoms with van der Waals surface area (Å²) in [5.74, 6) is 0.753. The van der Waals surface area contributed by atoms with Gasteiger partial charge in [-0.15, -0.1) is 0 Å². The van der Waals surface area contributed by atoms with Crippen LogP contribution in [0.25, 0.3) is 0 Å². The molecule has 108 valence electrons. The minimum absolute atomic E-state index is 0.440. The number of esters is 1. The van der Waals surface area contributed by atoms with Crippen LogP contribution < -0.4 is 4.74 Å². The second-order valence-electron chi connectivity index (χ2n) is 4.27. The molecule has 0 saturated heterocycles. The number of carbonyl (C=O) groups excluding carboxylic acids is 1. The van der Waals surface area contributed by atoms with E-state index in [1.54, 1.807) is 24.3 Å². The van der Waals surface area contributed by atoms with Crippen LogP contribution in [0.4, 0.5) is 4.39 Å². The van der Waals surface area contributed by atoms with Gasteiger partial charge in [0.1, 0.15) is 17.7 Å². The van der Waals surface area contributed by atoms with Crippen molar-refractivity contribution in [2.45, 2.75) is 6.17 Å². The summed E-state index contributed by atoms with van der Waals surface area (Å²) in [6.07, 6.45) is 0.854. The normalized spacial score (nSPS) is 12.1. The number of methoxy groups -OCH3 is 1. The maximum atomic E-state index is 13.9. The maximum Gasteiger partial charge on any atom is 0.330 e. The average Bonchev–Trinajstić information content (AvgIpc) is 2.54. The van der Waals surface area contributed by atoms with E-state index < -0.39 is 12.1 Å². The Bertz CT molecular complexity index is 606. The molecule has 0 saturated carbocycles. The molecule has 0 aliphatic carbocycles. The highest BCUT2D eigenvalue weighted by molar-refractivity contribution is 5.81. The Morgan fingerprint density at radius 1 is 1.05 bits per heavy atom. The lowest BCUT2D eigenvalue weighted by Gasteiger charge is -2.07. The first-order chi connectivity index (χ1) is 10.2. The fraction of sp³-hybridized carbons (Fsp3) is 0.118. The van der Waals surface area contributed by atoms with Crippen LogP contribution >= 0.6 is 0 Å². The third kappa shape index (κ3) is 4.45. The second kappa shape index (κ2) is 7.24. The summed E-state index contributed by atoms with van der Waals surface area (Å²) >= 11 is 0. The van der Waals surface area contributed by atoms with E-state index in [1.165, 1.54) is 7.11 Å². The topological polar surface area (TPSA) is 35.5 Å². The number of para-hydroxylation sites is 1. The summed E-state index contributed by atoms with van der Waals surface area (Å²) in [5, 5.41) is 0. The number of ether oxygens (including phenoxy) is 2. The van der Waals surface area contributed by atoms with Crippen molar-refractivity contribution in [2.24, 2.45) is 0 Å². The largest absolute Gasteiger partial charge is 0.466 e. The lowest BCUT2D eigenvalue weighted by molar-refractivity contribution is -0.134. The number of alkyl halides is 1. The van der Waals surface area contributed by atoms with Gasteiger partial charge >= 0.3 is 5.97 Å². The Morgan fingerprint density at radius 2 is 1.67 bits per heavy atom. The fourth-order valence-corrected chi connectivity index (χ4v) is 1.69. The zero-order valence-electron chi connectivity index (χ0n) is 11.5. The highest BCUT2D eigenvalue weighted by Gasteiger charge is 2.07. The molecule has 0 N–H and O–H groups in total. The van der Waals surface area contributed by atoms with Gasteiger partial charge in [0.25, 0.3) is 0 Å². The van der Waals surface area contributed by atoms with E-state index in [0.29, 0.717) is 17.1 Å². The zero-order valence-corrected chi connectivity index (χ0v) is 11.5. The lowest BCUT2D eigenvalue weighted by atomic mass is 10.1. The first-order valence-corrected chi connectivity index (χ1v) is 6.42. The molecular formula is C17H15FO3. The van der Waals surface area contributed by atoms with E-state index >= 15 is 0 Å². The summed E-state index contributed by atoms with van der Waals surface area (Å²) in [7, 11) is 1.25. The van der Waals surface area contributed by atoms with Crippen LogP contribution in [-0.4, -0.2) is 13.1 Å². The number of allylic oxidation sites excluding steroid dienone is 1. The molecule has 0 aliphatic rings. The summed E-state index contributed by atoms with van der Waals surface area (Å²) in [4.78, 5) is 10.9. The molecule has 2 aromatic carbocycles. The van der Waals surface area contributed by atoms with Gasteiger partial charge in [0.2, 0.25) is 0 Å². The van der Waals surface area contributed by atoms with Crippen molar-refractivity contribution in [3.63, 3.8) is 0 Å². The van der Waals surface area contributed by atoms with Crippen LogP contribution in [0.3, 0.4) is 0 Å². The number of hydrogen-bond acceptors (Lipinski definition) is 3. The first kappa shape index (κ1) is 14.8. The van der Waals surface area contributed by atoms with E-state index in [-0.39, 0.29) is 0 Å². The van der Waals surface area contributed by atoms with Gasteiger partial charge in [-0.25, -0.2) is 9.18 Å². The highest BCUT2D eigenvalue weighted by Crippen LogP contribution is 2.25. The van der Waals surface area contributed by atoms with Gasteiger partial charge in [0.05, 0.1) is 7.11 Å². The molecule has 0 heterocycles. The standard InChI is InChI=1S/C17H15FO3/c1-20-17(19)12-11-16(18)13-7-9-15(10-8-13)21-14-5-3-2-4-6-14/h2-12,16H,1H3/b12-11+.